The first-order chi connectivity index (χ1) is 6.60. The van der Waals surface area contributed by atoms with Crippen molar-refractivity contribution in [2.45, 2.75) is 38.1 Å². The van der Waals surface area contributed by atoms with E-state index in [0.29, 0.717) is 0 Å². The molecule has 1 N–H and O–H groups in total. The van der Waals surface area contributed by atoms with Gasteiger partial charge in [0, 0.05) is 6.42 Å². The fraction of sp³-hybridized carbons (Fsp3) is 0.500. The number of rotatable bonds is 0. The summed E-state index contributed by atoms with van der Waals surface area (Å²) >= 11 is 0. The Morgan fingerprint density at radius 2 is 2.29 bits per heavy atom. The van der Waals surface area contributed by atoms with E-state index >= 15 is 0 Å². The molecule has 0 unspecified atom stereocenters. The van der Waals surface area contributed by atoms with Crippen LogP contribution in [-0.2, 0) is 11.2 Å². The van der Waals surface area contributed by atoms with Gasteiger partial charge in [-0.15, -0.1) is 0 Å². The monoisotopic (exact) mass is 190 g/mol. The van der Waals surface area contributed by atoms with Crippen LogP contribution in [0.5, 0.6) is 0 Å². The molecule has 74 valence electrons. The van der Waals surface area contributed by atoms with Crippen molar-refractivity contribution in [2.75, 3.05) is 0 Å². The van der Waals surface area contributed by atoms with Crippen LogP contribution >= 0.6 is 0 Å². The minimum atomic E-state index is -0.427. The third-order valence-corrected chi connectivity index (χ3v) is 3.39. The Morgan fingerprint density at radius 3 is 3.07 bits per heavy atom. The lowest BCUT2D eigenvalue weighted by atomic mass is 9.82. The van der Waals surface area contributed by atoms with Crippen LogP contribution in [0.3, 0.4) is 0 Å². The topological polar surface area (TPSA) is 32.8 Å². The zero-order chi connectivity index (χ0) is 9.92. The van der Waals surface area contributed by atoms with E-state index in [0.717, 1.165) is 12.0 Å². The molecule has 14 heavy (non-hydrogen) atoms. The third-order valence-electron chi connectivity index (χ3n) is 3.39. The lowest BCUT2D eigenvalue weighted by Gasteiger charge is -2.22. The third kappa shape index (κ3) is 0.983. The predicted octanol–water partition coefficient (Wildman–Crippen LogP) is 1.74. The summed E-state index contributed by atoms with van der Waals surface area (Å²) in [6.45, 7) is 4.12. The number of aliphatic hydroxyl groups is 1. The molecule has 0 spiro atoms. The number of epoxide rings is 1. The van der Waals surface area contributed by atoms with Crippen LogP contribution in [0, 0.1) is 6.92 Å². The van der Waals surface area contributed by atoms with Gasteiger partial charge >= 0.3 is 0 Å². The molecule has 1 aliphatic heterocycles. The van der Waals surface area contributed by atoms with Crippen molar-refractivity contribution in [3.05, 3.63) is 34.9 Å². The van der Waals surface area contributed by atoms with Crippen molar-refractivity contribution >= 4 is 0 Å². The lowest BCUT2D eigenvalue weighted by molar-refractivity contribution is 0.136. The van der Waals surface area contributed by atoms with Gasteiger partial charge in [-0.25, -0.2) is 0 Å². The van der Waals surface area contributed by atoms with Crippen LogP contribution in [0.2, 0.25) is 0 Å². The molecule has 2 aliphatic rings. The molecule has 1 heterocycles. The molecular formula is C12H14O2. The van der Waals surface area contributed by atoms with E-state index in [-0.39, 0.29) is 11.7 Å². The van der Waals surface area contributed by atoms with E-state index in [1.807, 2.05) is 0 Å². The quantitative estimate of drug-likeness (QED) is 0.632. The fourth-order valence-corrected chi connectivity index (χ4v) is 2.49. The maximum atomic E-state index is 10.0. The summed E-state index contributed by atoms with van der Waals surface area (Å²) in [4.78, 5) is 0. The van der Waals surface area contributed by atoms with E-state index in [4.69, 9.17) is 4.74 Å². The number of aliphatic hydroxyl groups excluding tert-OH is 1. The van der Waals surface area contributed by atoms with Crippen LogP contribution in [-0.4, -0.2) is 16.8 Å². The highest BCUT2D eigenvalue weighted by Gasteiger charge is 2.59. The number of fused-ring (bicyclic) bond motifs is 2. The van der Waals surface area contributed by atoms with Gasteiger partial charge in [0.15, 0.2) is 0 Å². The van der Waals surface area contributed by atoms with Crippen molar-refractivity contribution in [2.24, 2.45) is 0 Å². The van der Waals surface area contributed by atoms with Gasteiger partial charge in [-0.1, -0.05) is 23.8 Å². The standard InChI is InChI=1S/C12H14O2/c1-7-3-4-8-6-12(2)11(14-12)10(13)9(8)5-7/h3-5,10-11,13H,6H2,1-2H3/t10-,11-,12+/m1/s1. The van der Waals surface area contributed by atoms with Crippen LogP contribution in [0.25, 0.3) is 0 Å². The summed E-state index contributed by atoms with van der Waals surface area (Å²) in [7, 11) is 0. The minimum absolute atomic E-state index is 0.0248. The summed E-state index contributed by atoms with van der Waals surface area (Å²) in [5.41, 5.74) is 3.40. The molecule has 0 aromatic heterocycles. The van der Waals surface area contributed by atoms with Gasteiger partial charge in [0.2, 0.25) is 0 Å². The molecule has 1 fully saturated rings. The molecule has 3 atom stereocenters. The van der Waals surface area contributed by atoms with Gasteiger partial charge in [-0.05, 0) is 25.0 Å². The van der Waals surface area contributed by atoms with Crippen LogP contribution < -0.4 is 0 Å². The van der Waals surface area contributed by atoms with E-state index in [9.17, 15) is 5.11 Å². The van der Waals surface area contributed by atoms with E-state index in [2.05, 4.69) is 32.0 Å². The van der Waals surface area contributed by atoms with Crippen molar-refractivity contribution < 1.29 is 9.84 Å². The van der Waals surface area contributed by atoms with Gasteiger partial charge < -0.3 is 9.84 Å². The molecule has 2 heteroatoms. The highest BCUT2D eigenvalue weighted by molar-refractivity contribution is 5.40. The molecule has 1 aromatic carbocycles. The van der Waals surface area contributed by atoms with Gasteiger partial charge in [-0.3, -0.25) is 0 Å². The maximum absolute atomic E-state index is 10.0. The summed E-state index contributed by atoms with van der Waals surface area (Å²) in [5.74, 6) is 0. The summed E-state index contributed by atoms with van der Waals surface area (Å²) in [6, 6.07) is 6.27. The van der Waals surface area contributed by atoms with Crippen LogP contribution in [0.15, 0.2) is 18.2 Å². The smallest absolute Gasteiger partial charge is 0.117 e. The molecule has 2 nitrogen and oxygen atoms in total. The SMILES string of the molecule is Cc1ccc2c(c1)[C@@H](O)[C@H]1O[C@@]1(C)C2. The Labute approximate surface area is 83.5 Å². The number of aryl methyl sites for hydroxylation is 1. The van der Waals surface area contributed by atoms with Crippen molar-refractivity contribution in [3.63, 3.8) is 0 Å². The minimum Gasteiger partial charge on any atom is -0.386 e. The van der Waals surface area contributed by atoms with E-state index in [1.165, 1.54) is 11.1 Å². The first kappa shape index (κ1) is 8.45. The Balaban J connectivity index is 2.11. The van der Waals surface area contributed by atoms with E-state index in [1.54, 1.807) is 0 Å². The highest BCUT2D eigenvalue weighted by Crippen LogP contribution is 2.51. The van der Waals surface area contributed by atoms with Gasteiger partial charge in [-0.2, -0.15) is 0 Å². The largest absolute Gasteiger partial charge is 0.386 e. The number of hydrogen-bond donors (Lipinski definition) is 1. The average molecular weight is 190 g/mol. The molecule has 0 radical (unpaired) electrons. The fourth-order valence-electron chi connectivity index (χ4n) is 2.49. The molecule has 0 bridgehead atoms. The second-order valence-electron chi connectivity index (χ2n) is 4.67. The first-order valence-electron chi connectivity index (χ1n) is 5.05. The normalized spacial score (nSPS) is 38.8. The molecular weight excluding hydrogens is 176 g/mol. The summed E-state index contributed by atoms with van der Waals surface area (Å²) in [6.07, 6.45) is 0.532. The molecule has 1 aliphatic carbocycles. The second-order valence-corrected chi connectivity index (χ2v) is 4.67. The second kappa shape index (κ2) is 2.38. The Bertz CT molecular complexity index is 399. The van der Waals surface area contributed by atoms with Crippen molar-refractivity contribution in [1.29, 1.82) is 0 Å². The number of ether oxygens (including phenoxy) is 1. The maximum Gasteiger partial charge on any atom is 0.117 e. The summed E-state index contributed by atoms with van der Waals surface area (Å²) < 4.78 is 5.55. The number of hydrogen-bond acceptors (Lipinski definition) is 2. The average Bonchev–Trinajstić information content (AvgIpc) is 2.80. The molecule has 1 aromatic rings. The Hall–Kier alpha value is -0.860. The lowest BCUT2D eigenvalue weighted by Crippen LogP contribution is -2.25. The molecule has 3 rings (SSSR count). The van der Waals surface area contributed by atoms with Gasteiger partial charge in [0.1, 0.15) is 12.2 Å². The van der Waals surface area contributed by atoms with Gasteiger partial charge in [0.25, 0.3) is 0 Å². The van der Waals surface area contributed by atoms with Crippen molar-refractivity contribution in [1.82, 2.24) is 0 Å². The van der Waals surface area contributed by atoms with Crippen LogP contribution in [0.4, 0.5) is 0 Å². The predicted molar refractivity (Wildman–Crippen MR) is 53.1 cm³/mol. The molecule has 1 saturated heterocycles. The van der Waals surface area contributed by atoms with Crippen molar-refractivity contribution in [3.8, 4) is 0 Å². The zero-order valence-corrected chi connectivity index (χ0v) is 8.45. The Morgan fingerprint density at radius 1 is 1.50 bits per heavy atom. The van der Waals surface area contributed by atoms with E-state index < -0.39 is 6.10 Å². The Kier molecular flexibility index (Phi) is 1.44. The van der Waals surface area contributed by atoms with Gasteiger partial charge in [0.05, 0.1) is 5.60 Å². The molecule has 0 saturated carbocycles. The zero-order valence-electron chi connectivity index (χ0n) is 8.45. The van der Waals surface area contributed by atoms with Crippen LogP contribution in [0.1, 0.15) is 29.7 Å². The number of benzene rings is 1. The molecule has 0 amide bonds. The first-order valence-corrected chi connectivity index (χ1v) is 5.05. The highest BCUT2D eigenvalue weighted by atomic mass is 16.6. The summed E-state index contributed by atoms with van der Waals surface area (Å²) in [5, 5.41) is 10.0.